The van der Waals surface area contributed by atoms with Gasteiger partial charge in [-0.1, -0.05) is 18.9 Å². The molecule has 172 valence electrons. The Labute approximate surface area is 190 Å². The third kappa shape index (κ3) is 5.53. The molecule has 2 heterocycles. The van der Waals surface area contributed by atoms with Crippen LogP contribution in [-0.2, 0) is 19.6 Å². The van der Waals surface area contributed by atoms with Crippen LogP contribution in [0.15, 0.2) is 40.6 Å². The number of sulfonamides is 1. The molecule has 1 atom stereocenters. The van der Waals surface area contributed by atoms with E-state index in [0.717, 1.165) is 37.0 Å². The summed E-state index contributed by atoms with van der Waals surface area (Å²) >= 11 is 1.11. The highest BCUT2D eigenvalue weighted by atomic mass is 32.2. The minimum atomic E-state index is -3.73. The molecular formula is C21H25N3O6S2. The summed E-state index contributed by atoms with van der Waals surface area (Å²) in [5, 5.41) is 4.37. The van der Waals surface area contributed by atoms with Gasteiger partial charge >= 0.3 is 5.97 Å². The van der Waals surface area contributed by atoms with Crippen molar-refractivity contribution in [3.05, 3.63) is 46.8 Å². The number of benzene rings is 1. The maximum absolute atomic E-state index is 13.0. The van der Waals surface area contributed by atoms with Crippen LogP contribution in [-0.4, -0.2) is 49.7 Å². The Morgan fingerprint density at radius 2 is 1.81 bits per heavy atom. The number of amides is 2. The molecule has 1 aromatic carbocycles. The number of hydrogen-bond donors (Lipinski definition) is 2. The monoisotopic (exact) mass is 479 g/mol. The lowest BCUT2D eigenvalue weighted by Crippen LogP contribution is -2.32. The second kappa shape index (κ2) is 10.2. The average molecular weight is 480 g/mol. The summed E-state index contributed by atoms with van der Waals surface area (Å²) in [6.07, 6.45) is 2.40. The zero-order valence-electron chi connectivity index (χ0n) is 17.6. The zero-order valence-corrected chi connectivity index (χ0v) is 19.2. The fraction of sp³-hybridized carbons (Fsp3) is 0.381. The van der Waals surface area contributed by atoms with E-state index < -0.39 is 33.9 Å². The van der Waals surface area contributed by atoms with Gasteiger partial charge < -0.3 is 15.8 Å². The Balaban J connectivity index is 1.69. The number of nitrogens with zero attached hydrogens (tertiary/aromatic N) is 1. The third-order valence-electron chi connectivity index (χ3n) is 5.09. The summed E-state index contributed by atoms with van der Waals surface area (Å²) in [6, 6.07) is 7.08. The average Bonchev–Trinajstić information content (AvgIpc) is 3.04. The van der Waals surface area contributed by atoms with Gasteiger partial charge in [0.1, 0.15) is 5.00 Å². The molecule has 1 fully saturated rings. The highest BCUT2D eigenvalue weighted by Crippen LogP contribution is 2.24. The van der Waals surface area contributed by atoms with Gasteiger partial charge in [0.05, 0.1) is 16.0 Å². The molecule has 1 aliphatic rings. The van der Waals surface area contributed by atoms with Gasteiger partial charge in [0.25, 0.3) is 11.8 Å². The van der Waals surface area contributed by atoms with E-state index in [2.05, 4.69) is 5.32 Å². The van der Waals surface area contributed by atoms with Crippen molar-refractivity contribution in [1.29, 1.82) is 0 Å². The lowest BCUT2D eigenvalue weighted by molar-refractivity contribution is -0.123. The Bertz CT molecular complexity index is 1100. The number of esters is 1. The van der Waals surface area contributed by atoms with Gasteiger partial charge in [-0.15, -0.1) is 11.3 Å². The molecule has 3 rings (SSSR count). The van der Waals surface area contributed by atoms with Crippen LogP contribution in [0.2, 0.25) is 0 Å². The molecule has 0 bridgehead atoms. The number of carbonyl (C=O) groups excluding carboxylic acids is 3. The van der Waals surface area contributed by atoms with Crippen LogP contribution < -0.4 is 11.1 Å². The van der Waals surface area contributed by atoms with E-state index in [0.29, 0.717) is 13.1 Å². The van der Waals surface area contributed by atoms with Gasteiger partial charge in [0.15, 0.2) is 6.10 Å². The Morgan fingerprint density at radius 1 is 1.12 bits per heavy atom. The van der Waals surface area contributed by atoms with Crippen molar-refractivity contribution in [3.63, 3.8) is 0 Å². The predicted octanol–water partition coefficient (Wildman–Crippen LogP) is 2.60. The summed E-state index contributed by atoms with van der Waals surface area (Å²) in [4.78, 5) is 36.3. The highest BCUT2D eigenvalue weighted by molar-refractivity contribution is 7.89. The van der Waals surface area contributed by atoms with Crippen molar-refractivity contribution in [2.45, 2.75) is 43.6 Å². The topological polar surface area (TPSA) is 136 Å². The van der Waals surface area contributed by atoms with Crippen LogP contribution in [0, 0.1) is 0 Å². The van der Waals surface area contributed by atoms with Crippen LogP contribution in [0.4, 0.5) is 5.00 Å². The molecule has 0 aliphatic carbocycles. The van der Waals surface area contributed by atoms with Crippen molar-refractivity contribution in [3.8, 4) is 0 Å². The molecule has 2 amide bonds. The second-order valence-electron chi connectivity index (χ2n) is 7.41. The maximum atomic E-state index is 13.0. The number of rotatable bonds is 7. The Hall–Kier alpha value is -2.76. The molecule has 1 aliphatic heterocycles. The van der Waals surface area contributed by atoms with Gasteiger partial charge in [-0.3, -0.25) is 9.59 Å². The van der Waals surface area contributed by atoms with E-state index in [9.17, 15) is 22.8 Å². The van der Waals surface area contributed by atoms with E-state index in [1.165, 1.54) is 41.6 Å². The summed E-state index contributed by atoms with van der Waals surface area (Å²) in [7, 11) is -3.73. The highest BCUT2D eigenvalue weighted by Gasteiger charge is 2.27. The maximum Gasteiger partial charge on any atom is 0.338 e. The van der Waals surface area contributed by atoms with E-state index in [1.807, 2.05) is 0 Å². The van der Waals surface area contributed by atoms with E-state index in [-0.39, 0.29) is 21.0 Å². The van der Waals surface area contributed by atoms with E-state index in [1.54, 1.807) is 5.38 Å². The van der Waals surface area contributed by atoms with Crippen molar-refractivity contribution in [1.82, 2.24) is 4.31 Å². The standard InChI is InChI=1S/C21H25N3O6S2/c1-14(19(26)23-20-17(18(22)25)9-12-31-20)30-21(27)15-7-6-8-16(13-15)32(28,29)24-10-4-2-3-5-11-24/h6-9,12-14H,2-5,10-11H2,1H3,(H2,22,25)(H,23,26). The molecule has 0 radical (unpaired) electrons. The smallest absolute Gasteiger partial charge is 0.338 e. The van der Waals surface area contributed by atoms with Crippen molar-refractivity contribution in [2.24, 2.45) is 5.73 Å². The van der Waals surface area contributed by atoms with Crippen LogP contribution in [0.5, 0.6) is 0 Å². The molecule has 0 spiro atoms. The van der Waals surface area contributed by atoms with Crippen LogP contribution in [0.3, 0.4) is 0 Å². The molecule has 1 unspecified atom stereocenters. The summed E-state index contributed by atoms with van der Waals surface area (Å²) in [5.74, 6) is -2.16. The van der Waals surface area contributed by atoms with Crippen molar-refractivity contribution >= 4 is 44.1 Å². The first-order valence-corrected chi connectivity index (χ1v) is 12.5. The molecular weight excluding hydrogens is 454 g/mol. The number of carbonyl (C=O) groups is 3. The second-order valence-corrected chi connectivity index (χ2v) is 10.3. The number of anilines is 1. The number of primary amides is 1. The third-order valence-corrected chi connectivity index (χ3v) is 7.82. The Morgan fingerprint density at radius 3 is 2.47 bits per heavy atom. The fourth-order valence-electron chi connectivity index (χ4n) is 3.31. The number of ether oxygens (including phenoxy) is 1. The van der Waals surface area contributed by atoms with Crippen LogP contribution >= 0.6 is 11.3 Å². The molecule has 1 saturated heterocycles. The molecule has 9 nitrogen and oxygen atoms in total. The SMILES string of the molecule is CC(OC(=O)c1cccc(S(=O)(=O)N2CCCCCC2)c1)C(=O)Nc1sccc1C(N)=O. The first-order chi connectivity index (χ1) is 15.2. The lowest BCUT2D eigenvalue weighted by atomic mass is 10.2. The lowest BCUT2D eigenvalue weighted by Gasteiger charge is -2.20. The summed E-state index contributed by atoms with van der Waals surface area (Å²) in [5.41, 5.74) is 5.44. The minimum absolute atomic E-state index is 0.00985. The quantitative estimate of drug-likeness (QED) is 0.586. The van der Waals surface area contributed by atoms with Gasteiger partial charge in [-0.25, -0.2) is 13.2 Å². The first-order valence-electron chi connectivity index (χ1n) is 10.2. The predicted molar refractivity (Wildman–Crippen MR) is 120 cm³/mol. The largest absolute Gasteiger partial charge is 0.449 e. The molecule has 0 saturated carbocycles. The minimum Gasteiger partial charge on any atom is -0.449 e. The molecule has 1 aromatic heterocycles. The van der Waals surface area contributed by atoms with E-state index >= 15 is 0 Å². The van der Waals surface area contributed by atoms with Crippen molar-refractivity contribution < 1.29 is 27.5 Å². The molecule has 32 heavy (non-hydrogen) atoms. The van der Waals surface area contributed by atoms with Crippen molar-refractivity contribution in [2.75, 3.05) is 18.4 Å². The molecule has 2 aromatic rings. The van der Waals surface area contributed by atoms with Crippen LogP contribution in [0.1, 0.15) is 53.3 Å². The van der Waals surface area contributed by atoms with Gasteiger partial charge in [-0.2, -0.15) is 4.31 Å². The Kier molecular flexibility index (Phi) is 7.64. The van der Waals surface area contributed by atoms with E-state index in [4.69, 9.17) is 10.5 Å². The number of nitrogens with one attached hydrogen (secondary N) is 1. The number of hydrogen-bond acceptors (Lipinski definition) is 7. The zero-order chi connectivity index (χ0) is 23.3. The number of thiophene rings is 1. The number of nitrogens with two attached hydrogens (primary N) is 1. The molecule has 11 heteroatoms. The van der Waals surface area contributed by atoms with Gasteiger partial charge in [0.2, 0.25) is 10.0 Å². The summed E-state index contributed by atoms with van der Waals surface area (Å²) in [6.45, 7) is 2.27. The van der Waals surface area contributed by atoms with Gasteiger partial charge in [0, 0.05) is 13.1 Å². The normalized spacial score (nSPS) is 16.0. The van der Waals surface area contributed by atoms with Gasteiger partial charge in [-0.05, 0) is 49.4 Å². The first kappa shape index (κ1) is 23.9. The van der Waals surface area contributed by atoms with Crippen LogP contribution in [0.25, 0.3) is 0 Å². The fourth-order valence-corrected chi connectivity index (χ4v) is 5.67. The molecule has 3 N–H and O–H groups in total. The summed E-state index contributed by atoms with van der Waals surface area (Å²) < 4.78 is 32.6.